The van der Waals surface area contributed by atoms with Crippen molar-refractivity contribution in [1.29, 1.82) is 0 Å². The van der Waals surface area contributed by atoms with Crippen molar-refractivity contribution < 1.29 is 9.53 Å². The lowest BCUT2D eigenvalue weighted by Crippen LogP contribution is -2.50. The molecule has 0 aliphatic rings. The van der Waals surface area contributed by atoms with E-state index < -0.39 is 0 Å². The summed E-state index contributed by atoms with van der Waals surface area (Å²) in [5.41, 5.74) is 3.36. The predicted octanol–water partition coefficient (Wildman–Crippen LogP) is 4.12. The molecule has 140 valence electrons. The van der Waals surface area contributed by atoms with Gasteiger partial charge in [0.15, 0.2) is 0 Å². The molecule has 1 N–H and O–H groups in total. The molecule has 0 saturated heterocycles. The van der Waals surface area contributed by atoms with Crippen LogP contribution in [0.1, 0.15) is 46.9 Å². The second-order valence-electron chi connectivity index (χ2n) is 7.50. The third-order valence-corrected chi connectivity index (χ3v) is 5.25. The number of amides is 1. The monoisotopic (exact) mass is 354 g/mol. The van der Waals surface area contributed by atoms with Crippen LogP contribution in [-0.4, -0.2) is 37.6 Å². The smallest absolute Gasteiger partial charge is 0.252 e. The number of methoxy groups -OCH3 is 1. The third kappa shape index (κ3) is 4.07. The van der Waals surface area contributed by atoms with Gasteiger partial charge >= 0.3 is 0 Å². The van der Waals surface area contributed by atoms with Crippen molar-refractivity contribution in [3.8, 4) is 5.75 Å². The minimum atomic E-state index is -0.258. The van der Waals surface area contributed by atoms with Crippen molar-refractivity contribution in [2.45, 2.75) is 39.3 Å². The van der Waals surface area contributed by atoms with Gasteiger partial charge in [-0.1, -0.05) is 30.3 Å². The Morgan fingerprint density at radius 1 is 1.08 bits per heavy atom. The van der Waals surface area contributed by atoms with Crippen LogP contribution in [0.25, 0.3) is 0 Å². The standard InChI is InChI=1S/C22H30N2O2/c1-15-14-19(26-7)16(2)13-18(15)21(25)23-20(22(3,4)24(5)6)17-11-9-8-10-12-17/h8-14,20H,1-7H3,(H,23,25). The summed E-state index contributed by atoms with van der Waals surface area (Å²) in [5.74, 6) is 0.726. The highest BCUT2D eigenvalue weighted by molar-refractivity contribution is 5.96. The van der Waals surface area contributed by atoms with Crippen molar-refractivity contribution in [3.63, 3.8) is 0 Å². The molecular formula is C22H30N2O2. The van der Waals surface area contributed by atoms with Crippen molar-refractivity contribution in [3.05, 3.63) is 64.7 Å². The van der Waals surface area contributed by atoms with Crippen LogP contribution in [0.5, 0.6) is 5.75 Å². The van der Waals surface area contributed by atoms with E-state index in [2.05, 4.69) is 36.2 Å². The highest BCUT2D eigenvalue weighted by atomic mass is 16.5. The van der Waals surface area contributed by atoms with Crippen molar-refractivity contribution in [2.24, 2.45) is 0 Å². The summed E-state index contributed by atoms with van der Waals surface area (Å²) >= 11 is 0. The summed E-state index contributed by atoms with van der Waals surface area (Å²) in [6.07, 6.45) is 0. The van der Waals surface area contributed by atoms with Gasteiger partial charge in [0.25, 0.3) is 5.91 Å². The van der Waals surface area contributed by atoms with Crippen LogP contribution in [0, 0.1) is 13.8 Å². The summed E-state index contributed by atoms with van der Waals surface area (Å²) in [5, 5.41) is 3.26. The molecule has 1 amide bonds. The molecule has 0 aliphatic heterocycles. The van der Waals surface area contributed by atoms with Crippen LogP contribution >= 0.6 is 0 Å². The quantitative estimate of drug-likeness (QED) is 0.848. The molecule has 0 bridgehead atoms. The maximum absolute atomic E-state index is 13.1. The highest BCUT2D eigenvalue weighted by Crippen LogP contribution is 2.30. The largest absolute Gasteiger partial charge is 0.496 e. The molecule has 2 rings (SSSR count). The SMILES string of the molecule is COc1cc(C)c(C(=O)NC(c2ccccc2)C(C)(C)N(C)C)cc1C. The van der Waals surface area contributed by atoms with Gasteiger partial charge < -0.3 is 15.0 Å². The van der Waals surface area contributed by atoms with Crippen molar-refractivity contribution in [1.82, 2.24) is 10.2 Å². The van der Waals surface area contributed by atoms with Crippen LogP contribution in [0.3, 0.4) is 0 Å². The molecule has 0 heterocycles. The van der Waals surface area contributed by atoms with Gasteiger partial charge in [0.05, 0.1) is 13.2 Å². The van der Waals surface area contributed by atoms with Gasteiger partial charge in [0.1, 0.15) is 5.75 Å². The van der Waals surface area contributed by atoms with Gasteiger partial charge in [-0.15, -0.1) is 0 Å². The highest BCUT2D eigenvalue weighted by Gasteiger charge is 2.34. The average Bonchev–Trinajstić information content (AvgIpc) is 2.61. The number of carbonyl (C=O) groups is 1. The maximum Gasteiger partial charge on any atom is 0.252 e. The lowest BCUT2D eigenvalue weighted by molar-refractivity contribution is 0.0839. The Morgan fingerprint density at radius 3 is 2.23 bits per heavy atom. The third-order valence-electron chi connectivity index (χ3n) is 5.25. The summed E-state index contributed by atoms with van der Waals surface area (Å²) in [7, 11) is 5.71. The summed E-state index contributed by atoms with van der Waals surface area (Å²) in [6, 6.07) is 13.8. The molecule has 0 aromatic heterocycles. The van der Waals surface area contributed by atoms with E-state index in [1.165, 1.54) is 0 Å². The Balaban J connectivity index is 2.40. The number of nitrogens with zero attached hydrogens (tertiary/aromatic N) is 1. The van der Waals surface area contributed by atoms with E-state index >= 15 is 0 Å². The average molecular weight is 354 g/mol. The van der Waals surface area contributed by atoms with Crippen LogP contribution in [0.15, 0.2) is 42.5 Å². The predicted molar refractivity (Wildman–Crippen MR) is 107 cm³/mol. The zero-order valence-corrected chi connectivity index (χ0v) is 16.9. The number of rotatable bonds is 6. The van der Waals surface area contributed by atoms with Gasteiger partial charge in [-0.2, -0.15) is 0 Å². The maximum atomic E-state index is 13.1. The Labute approximate surface area is 157 Å². The van der Waals surface area contributed by atoms with Gasteiger partial charge in [-0.25, -0.2) is 0 Å². The minimum absolute atomic E-state index is 0.0722. The normalized spacial score (nSPS) is 12.8. The Kier molecular flexibility index (Phi) is 6.09. The molecule has 4 heteroatoms. The topological polar surface area (TPSA) is 41.6 Å². The second kappa shape index (κ2) is 7.92. The first-order chi connectivity index (χ1) is 12.2. The molecule has 1 unspecified atom stereocenters. The molecule has 0 fully saturated rings. The van der Waals surface area contributed by atoms with Gasteiger partial charge in [-0.05, 0) is 70.6 Å². The van der Waals surface area contributed by atoms with Crippen molar-refractivity contribution >= 4 is 5.91 Å². The number of aryl methyl sites for hydroxylation is 2. The van der Waals surface area contributed by atoms with Crippen LogP contribution in [0.2, 0.25) is 0 Å². The lowest BCUT2D eigenvalue weighted by Gasteiger charge is -2.41. The fourth-order valence-corrected chi connectivity index (χ4v) is 3.03. The first-order valence-corrected chi connectivity index (χ1v) is 8.87. The molecule has 0 aliphatic carbocycles. The molecule has 1 atom stereocenters. The fraction of sp³-hybridized carbons (Fsp3) is 0.409. The Hall–Kier alpha value is -2.33. The molecule has 0 saturated carbocycles. The number of nitrogens with one attached hydrogen (secondary N) is 1. The second-order valence-corrected chi connectivity index (χ2v) is 7.50. The van der Waals surface area contributed by atoms with E-state index in [-0.39, 0.29) is 17.5 Å². The Morgan fingerprint density at radius 2 is 1.69 bits per heavy atom. The fourth-order valence-electron chi connectivity index (χ4n) is 3.03. The van der Waals surface area contributed by atoms with E-state index in [9.17, 15) is 4.79 Å². The van der Waals surface area contributed by atoms with E-state index in [0.717, 1.165) is 22.4 Å². The molecule has 0 spiro atoms. The number of hydrogen-bond acceptors (Lipinski definition) is 3. The minimum Gasteiger partial charge on any atom is -0.496 e. The summed E-state index contributed by atoms with van der Waals surface area (Å²) in [4.78, 5) is 15.2. The summed E-state index contributed by atoms with van der Waals surface area (Å²) < 4.78 is 5.36. The number of carbonyl (C=O) groups excluding carboxylic acids is 1. The molecule has 2 aromatic carbocycles. The lowest BCUT2D eigenvalue weighted by atomic mass is 9.87. The summed E-state index contributed by atoms with van der Waals surface area (Å²) in [6.45, 7) is 8.16. The van der Waals surface area contributed by atoms with Gasteiger partial charge in [0.2, 0.25) is 0 Å². The number of likely N-dealkylation sites (N-methyl/N-ethyl adjacent to an activating group) is 1. The number of benzene rings is 2. The van der Waals surface area contributed by atoms with E-state index in [4.69, 9.17) is 4.74 Å². The first-order valence-electron chi connectivity index (χ1n) is 8.87. The molecule has 4 nitrogen and oxygen atoms in total. The molecular weight excluding hydrogens is 324 g/mol. The molecule has 26 heavy (non-hydrogen) atoms. The number of hydrogen-bond donors (Lipinski definition) is 1. The first kappa shape index (κ1) is 20.0. The zero-order valence-electron chi connectivity index (χ0n) is 16.9. The van der Waals surface area contributed by atoms with Crippen LogP contribution < -0.4 is 10.1 Å². The van der Waals surface area contributed by atoms with E-state index in [0.29, 0.717) is 5.56 Å². The Bertz CT molecular complexity index is 767. The van der Waals surface area contributed by atoms with Gasteiger partial charge in [0, 0.05) is 11.1 Å². The van der Waals surface area contributed by atoms with E-state index in [1.54, 1.807) is 7.11 Å². The number of ether oxygens (including phenoxy) is 1. The van der Waals surface area contributed by atoms with Crippen LogP contribution in [-0.2, 0) is 0 Å². The van der Waals surface area contributed by atoms with E-state index in [1.807, 2.05) is 58.3 Å². The van der Waals surface area contributed by atoms with Crippen LogP contribution in [0.4, 0.5) is 0 Å². The van der Waals surface area contributed by atoms with Crippen molar-refractivity contribution in [2.75, 3.05) is 21.2 Å². The zero-order chi connectivity index (χ0) is 19.5. The molecule has 2 aromatic rings. The molecule has 0 radical (unpaired) electrons. The van der Waals surface area contributed by atoms with Gasteiger partial charge in [-0.3, -0.25) is 4.79 Å².